The first kappa shape index (κ1) is 15.4. The quantitative estimate of drug-likeness (QED) is 0.798. The molecule has 1 aromatic rings. The Morgan fingerprint density at radius 1 is 1.33 bits per heavy atom. The summed E-state index contributed by atoms with van der Waals surface area (Å²) in [6.07, 6.45) is 3.24. The van der Waals surface area contributed by atoms with Crippen LogP contribution in [0.25, 0.3) is 0 Å². The van der Waals surface area contributed by atoms with Gasteiger partial charge in [-0.3, -0.25) is 0 Å². The minimum Gasteiger partial charge on any atom is -0.478 e. The third-order valence-electron chi connectivity index (χ3n) is 4.28. The molecule has 0 aliphatic heterocycles. The van der Waals surface area contributed by atoms with E-state index in [0.717, 1.165) is 19.3 Å². The standard InChI is InChI=1S/C16H22N2O3/c1-10-9-11(6-7-12(10)14(19)20)17-15(21)18-13-5-4-8-16(13,2)3/h6-7,9,13H,4-5,8H2,1-3H3,(H,19,20)(H2,17,18,21). The molecule has 3 N–H and O–H groups in total. The molecule has 1 fully saturated rings. The maximum Gasteiger partial charge on any atom is 0.335 e. The number of hydrogen-bond acceptors (Lipinski definition) is 2. The van der Waals surface area contributed by atoms with Crippen LogP contribution in [0.3, 0.4) is 0 Å². The highest BCUT2D eigenvalue weighted by atomic mass is 16.4. The Morgan fingerprint density at radius 3 is 2.57 bits per heavy atom. The molecule has 114 valence electrons. The largest absolute Gasteiger partial charge is 0.478 e. The van der Waals surface area contributed by atoms with Crippen molar-refractivity contribution in [3.63, 3.8) is 0 Å². The van der Waals surface area contributed by atoms with Gasteiger partial charge in [-0.15, -0.1) is 0 Å². The molecule has 21 heavy (non-hydrogen) atoms. The number of nitrogens with one attached hydrogen (secondary N) is 2. The molecule has 1 aromatic carbocycles. The number of carboxylic acids is 1. The van der Waals surface area contributed by atoms with E-state index in [9.17, 15) is 9.59 Å². The van der Waals surface area contributed by atoms with Crippen LogP contribution < -0.4 is 10.6 Å². The van der Waals surface area contributed by atoms with Crippen molar-refractivity contribution in [2.24, 2.45) is 5.41 Å². The van der Waals surface area contributed by atoms with E-state index in [4.69, 9.17) is 5.11 Å². The Morgan fingerprint density at radius 2 is 2.05 bits per heavy atom. The first-order valence-corrected chi connectivity index (χ1v) is 7.21. The van der Waals surface area contributed by atoms with Crippen LogP contribution in [0.5, 0.6) is 0 Å². The Kier molecular flexibility index (Phi) is 4.21. The number of carboxylic acid groups (broad SMARTS) is 1. The van der Waals surface area contributed by atoms with Crippen molar-refractivity contribution < 1.29 is 14.7 Å². The maximum atomic E-state index is 12.0. The van der Waals surface area contributed by atoms with Crippen LogP contribution in [0.1, 0.15) is 49.0 Å². The highest BCUT2D eigenvalue weighted by Gasteiger charge is 2.35. The molecular formula is C16H22N2O3. The van der Waals surface area contributed by atoms with E-state index in [-0.39, 0.29) is 23.1 Å². The zero-order valence-corrected chi connectivity index (χ0v) is 12.7. The van der Waals surface area contributed by atoms with Gasteiger partial charge < -0.3 is 15.7 Å². The summed E-state index contributed by atoms with van der Waals surface area (Å²) in [6, 6.07) is 4.72. The van der Waals surface area contributed by atoms with Gasteiger partial charge in [-0.25, -0.2) is 9.59 Å². The molecule has 0 spiro atoms. The topological polar surface area (TPSA) is 78.4 Å². The Balaban J connectivity index is 2.00. The third-order valence-corrected chi connectivity index (χ3v) is 4.28. The molecule has 5 heteroatoms. The van der Waals surface area contributed by atoms with Crippen LogP contribution in [0.15, 0.2) is 18.2 Å². The zero-order valence-electron chi connectivity index (χ0n) is 12.7. The second kappa shape index (κ2) is 5.76. The predicted octanol–water partition coefficient (Wildman–Crippen LogP) is 3.39. The van der Waals surface area contributed by atoms with Crippen LogP contribution in [-0.4, -0.2) is 23.1 Å². The molecule has 0 radical (unpaired) electrons. The number of carbonyl (C=O) groups excluding carboxylic acids is 1. The Hall–Kier alpha value is -2.04. The van der Waals surface area contributed by atoms with Crippen molar-refractivity contribution >= 4 is 17.7 Å². The Bertz CT molecular complexity index is 567. The number of urea groups is 1. The van der Waals surface area contributed by atoms with E-state index in [1.807, 2.05) is 0 Å². The first-order valence-electron chi connectivity index (χ1n) is 7.21. The van der Waals surface area contributed by atoms with Gasteiger partial charge in [-0.05, 0) is 48.9 Å². The van der Waals surface area contributed by atoms with E-state index < -0.39 is 5.97 Å². The van der Waals surface area contributed by atoms with Gasteiger partial charge in [0.15, 0.2) is 0 Å². The van der Waals surface area contributed by atoms with Crippen LogP contribution in [-0.2, 0) is 0 Å². The summed E-state index contributed by atoms with van der Waals surface area (Å²) in [7, 11) is 0. The Labute approximate surface area is 124 Å². The molecule has 5 nitrogen and oxygen atoms in total. The molecule has 1 saturated carbocycles. The van der Waals surface area contributed by atoms with Gasteiger partial charge >= 0.3 is 12.0 Å². The van der Waals surface area contributed by atoms with E-state index in [1.165, 1.54) is 6.07 Å². The number of aromatic carboxylic acids is 1. The van der Waals surface area contributed by atoms with Crippen molar-refractivity contribution in [2.75, 3.05) is 5.32 Å². The molecule has 0 saturated heterocycles. The van der Waals surface area contributed by atoms with Gasteiger partial charge in [-0.1, -0.05) is 20.3 Å². The van der Waals surface area contributed by atoms with Gasteiger partial charge in [0.2, 0.25) is 0 Å². The summed E-state index contributed by atoms with van der Waals surface area (Å²) < 4.78 is 0. The van der Waals surface area contributed by atoms with Gasteiger partial charge in [0.25, 0.3) is 0 Å². The molecule has 1 aliphatic carbocycles. The van der Waals surface area contributed by atoms with Crippen molar-refractivity contribution in [3.8, 4) is 0 Å². The van der Waals surface area contributed by atoms with E-state index in [1.54, 1.807) is 19.1 Å². The highest BCUT2D eigenvalue weighted by Crippen LogP contribution is 2.37. The third kappa shape index (κ3) is 3.54. The van der Waals surface area contributed by atoms with Crippen LogP contribution >= 0.6 is 0 Å². The van der Waals surface area contributed by atoms with Gasteiger partial charge in [0.05, 0.1) is 5.56 Å². The van der Waals surface area contributed by atoms with Gasteiger partial charge in [0, 0.05) is 11.7 Å². The smallest absolute Gasteiger partial charge is 0.335 e. The second-order valence-corrected chi connectivity index (χ2v) is 6.37. The minimum absolute atomic E-state index is 0.125. The monoisotopic (exact) mass is 290 g/mol. The lowest BCUT2D eigenvalue weighted by Gasteiger charge is -2.27. The van der Waals surface area contributed by atoms with Crippen molar-refractivity contribution in [2.45, 2.75) is 46.1 Å². The SMILES string of the molecule is Cc1cc(NC(=O)NC2CCCC2(C)C)ccc1C(=O)O. The van der Waals surface area contributed by atoms with Crippen LogP contribution in [0, 0.1) is 12.3 Å². The molecular weight excluding hydrogens is 268 g/mol. The maximum absolute atomic E-state index is 12.0. The second-order valence-electron chi connectivity index (χ2n) is 6.37. The molecule has 0 bridgehead atoms. The summed E-state index contributed by atoms with van der Waals surface area (Å²) in [5, 5.41) is 14.8. The fourth-order valence-electron chi connectivity index (χ4n) is 2.90. The summed E-state index contributed by atoms with van der Waals surface area (Å²) in [5.74, 6) is -0.962. The summed E-state index contributed by atoms with van der Waals surface area (Å²) in [5.41, 5.74) is 1.60. The van der Waals surface area contributed by atoms with Crippen molar-refractivity contribution in [1.82, 2.24) is 5.32 Å². The zero-order chi connectivity index (χ0) is 15.6. The lowest BCUT2D eigenvalue weighted by atomic mass is 9.87. The molecule has 1 atom stereocenters. The fraction of sp³-hybridized carbons (Fsp3) is 0.500. The fourth-order valence-corrected chi connectivity index (χ4v) is 2.90. The number of rotatable bonds is 3. The molecule has 2 amide bonds. The van der Waals surface area contributed by atoms with E-state index in [2.05, 4.69) is 24.5 Å². The van der Waals surface area contributed by atoms with Gasteiger partial charge in [0.1, 0.15) is 0 Å². The lowest BCUT2D eigenvalue weighted by molar-refractivity contribution is 0.0696. The molecule has 0 aromatic heterocycles. The van der Waals surface area contributed by atoms with Crippen molar-refractivity contribution in [1.29, 1.82) is 0 Å². The lowest BCUT2D eigenvalue weighted by Crippen LogP contribution is -2.43. The number of benzene rings is 1. The molecule has 2 rings (SSSR count). The first-order chi connectivity index (χ1) is 9.79. The number of aryl methyl sites for hydroxylation is 1. The highest BCUT2D eigenvalue weighted by molar-refractivity contribution is 5.92. The van der Waals surface area contributed by atoms with E-state index >= 15 is 0 Å². The normalized spacial score (nSPS) is 20.0. The van der Waals surface area contributed by atoms with Crippen LogP contribution in [0.2, 0.25) is 0 Å². The number of carbonyl (C=O) groups is 2. The van der Waals surface area contributed by atoms with Crippen LogP contribution in [0.4, 0.5) is 10.5 Å². The molecule has 1 unspecified atom stereocenters. The summed E-state index contributed by atoms with van der Waals surface area (Å²) >= 11 is 0. The number of hydrogen-bond donors (Lipinski definition) is 3. The average molecular weight is 290 g/mol. The minimum atomic E-state index is -0.962. The van der Waals surface area contributed by atoms with E-state index in [0.29, 0.717) is 11.3 Å². The molecule has 1 aliphatic rings. The summed E-state index contributed by atoms with van der Waals surface area (Å²) in [6.45, 7) is 6.04. The number of amides is 2. The summed E-state index contributed by atoms with van der Waals surface area (Å²) in [4.78, 5) is 23.0. The molecule has 0 heterocycles. The van der Waals surface area contributed by atoms with Crippen molar-refractivity contribution in [3.05, 3.63) is 29.3 Å². The van der Waals surface area contributed by atoms with Gasteiger partial charge in [-0.2, -0.15) is 0 Å². The number of anilines is 1. The predicted molar refractivity (Wildman–Crippen MR) is 81.7 cm³/mol. The average Bonchev–Trinajstić information content (AvgIpc) is 2.68.